The van der Waals surface area contributed by atoms with E-state index in [4.69, 9.17) is 0 Å². The summed E-state index contributed by atoms with van der Waals surface area (Å²) in [7, 11) is 1.81. The molecule has 0 radical (unpaired) electrons. The third-order valence-corrected chi connectivity index (χ3v) is 5.83. The van der Waals surface area contributed by atoms with Crippen LogP contribution in [0.2, 0.25) is 0 Å². The first kappa shape index (κ1) is 20.9. The molecule has 0 heterocycles. The molecule has 26 heavy (non-hydrogen) atoms. The van der Waals surface area contributed by atoms with Gasteiger partial charge in [0.05, 0.1) is 12.6 Å². The predicted molar refractivity (Wildman–Crippen MR) is 109 cm³/mol. The number of aryl methyl sites for hydroxylation is 1. The van der Waals surface area contributed by atoms with Gasteiger partial charge in [0.15, 0.2) is 0 Å². The van der Waals surface area contributed by atoms with Crippen molar-refractivity contribution in [2.75, 3.05) is 18.9 Å². The van der Waals surface area contributed by atoms with Crippen molar-refractivity contribution in [3.05, 3.63) is 28.2 Å². The average molecular weight is 424 g/mol. The summed E-state index contributed by atoms with van der Waals surface area (Å²) in [5, 5.41) is 6.09. The molecule has 1 aliphatic rings. The van der Waals surface area contributed by atoms with Crippen LogP contribution in [0.1, 0.15) is 45.1 Å². The molecule has 0 bridgehead atoms. The Morgan fingerprint density at radius 3 is 2.65 bits per heavy atom. The van der Waals surface area contributed by atoms with E-state index in [1.165, 1.54) is 19.3 Å². The normalized spacial score (nSPS) is 21.3. The van der Waals surface area contributed by atoms with Crippen molar-refractivity contribution in [3.8, 4) is 0 Å². The first-order valence-corrected chi connectivity index (χ1v) is 10.1. The van der Waals surface area contributed by atoms with Crippen LogP contribution in [0.15, 0.2) is 22.7 Å². The number of rotatable bonds is 6. The lowest BCUT2D eigenvalue weighted by molar-refractivity contribution is -0.127. The van der Waals surface area contributed by atoms with E-state index in [2.05, 4.69) is 33.5 Å². The molecule has 5 nitrogen and oxygen atoms in total. The zero-order valence-electron chi connectivity index (χ0n) is 16.1. The van der Waals surface area contributed by atoms with Crippen LogP contribution in [0.4, 0.5) is 5.69 Å². The first-order chi connectivity index (χ1) is 12.3. The van der Waals surface area contributed by atoms with Gasteiger partial charge in [-0.25, -0.2) is 0 Å². The third-order valence-electron chi connectivity index (χ3n) is 5.34. The predicted octanol–water partition coefficient (Wildman–Crippen LogP) is 3.71. The summed E-state index contributed by atoms with van der Waals surface area (Å²) in [6.45, 7) is 6.17. The molecule has 1 aliphatic carbocycles. The monoisotopic (exact) mass is 423 g/mol. The van der Waals surface area contributed by atoms with Gasteiger partial charge in [-0.1, -0.05) is 35.7 Å². The highest BCUT2D eigenvalue weighted by Gasteiger charge is 2.26. The van der Waals surface area contributed by atoms with Gasteiger partial charge in [0, 0.05) is 16.2 Å². The zero-order valence-corrected chi connectivity index (χ0v) is 17.7. The van der Waals surface area contributed by atoms with Gasteiger partial charge in [0.25, 0.3) is 0 Å². The topological polar surface area (TPSA) is 61.4 Å². The summed E-state index contributed by atoms with van der Waals surface area (Å²) < 4.78 is 0.979. The molecule has 3 unspecified atom stereocenters. The number of hydrogen-bond donors (Lipinski definition) is 2. The standard InChI is InChI=1S/C20H30BrN3O2/c1-13-7-5-6-8-17(13)23-20(26)15(3)24(4)12-19(25)22-18-10-9-16(21)11-14(18)2/h9-11,13,15,17H,5-8,12H2,1-4H3,(H,22,25)(H,23,26). The fourth-order valence-electron chi connectivity index (χ4n) is 3.35. The van der Waals surface area contributed by atoms with Crippen molar-refractivity contribution in [3.63, 3.8) is 0 Å². The summed E-state index contributed by atoms with van der Waals surface area (Å²) in [5.41, 5.74) is 1.78. The van der Waals surface area contributed by atoms with E-state index in [1.807, 2.05) is 39.1 Å². The van der Waals surface area contributed by atoms with Gasteiger partial charge in [-0.3, -0.25) is 14.5 Å². The zero-order chi connectivity index (χ0) is 19.3. The lowest BCUT2D eigenvalue weighted by Crippen LogP contribution is -2.50. The highest BCUT2D eigenvalue weighted by molar-refractivity contribution is 9.10. The molecule has 144 valence electrons. The van der Waals surface area contributed by atoms with Crippen LogP contribution in [0.3, 0.4) is 0 Å². The molecule has 6 heteroatoms. The van der Waals surface area contributed by atoms with Gasteiger partial charge >= 0.3 is 0 Å². The van der Waals surface area contributed by atoms with Crippen LogP contribution in [0.5, 0.6) is 0 Å². The Balaban J connectivity index is 1.85. The minimum Gasteiger partial charge on any atom is -0.352 e. The molecule has 2 N–H and O–H groups in total. The maximum Gasteiger partial charge on any atom is 0.238 e. The number of carbonyl (C=O) groups is 2. The molecule has 1 aromatic rings. The number of carbonyl (C=O) groups excluding carboxylic acids is 2. The molecule has 3 atom stereocenters. The van der Waals surface area contributed by atoms with Gasteiger partial charge in [0.2, 0.25) is 11.8 Å². The molecule has 1 saturated carbocycles. The number of likely N-dealkylation sites (N-methyl/N-ethyl adjacent to an activating group) is 1. The fraction of sp³-hybridized carbons (Fsp3) is 0.600. The Bertz CT molecular complexity index is 650. The largest absolute Gasteiger partial charge is 0.352 e. The Hall–Kier alpha value is -1.40. The number of nitrogens with one attached hydrogen (secondary N) is 2. The van der Waals surface area contributed by atoms with Crippen LogP contribution in [-0.4, -0.2) is 42.4 Å². The molecule has 1 aromatic carbocycles. The quantitative estimate of drug-likeness (QED) is 0.732. The lowest BCUT2D eigenvalue weighted by atomic mass is 9.86. The molecule has 0 aromatic heterocycles. The second-order valence-corrected chi connectivity index (χ2v) is 8.39. The van der Waals surface area contributed by atoms with Crippen molar-refractivity contribution < 1.29 is 9.59 Å². The van der Waals surface area contributed by atoms with Gasteiger partial charge in [-0.05, 0) is 63.4 Å². The number of nitrogens with zero attached hydrogens (tertiary/aromatic N) is 1. The molecular formula is C20H30BrN3O2. The maximum absolute atomic E-state index is 12.5. The molecular weight excluding hydrogens is 394 g/mol. The number of anilines is 1. The number of amides is 2. The molecule has 0 aliphatic heterocycles. The van der Waals surface area contributed by atoms with Crippen molar-refractivity contribution in [1.82, 2.24) is 10.2 Å². The van der Waals surface area contributed by atoms with Crippen molar-refractivity contribution >= 4 is 33.4 Å². The Morgan fingerprint density at radius 2 is 2.00 bits per heavy atom. The minimum atomic E-state index is -0.346. The van der Waals surface area contributed by atoms with Crippen molar-refractivity contribution in [2.24, 2.45) is 5.92 Å². The number of hydrogen-bond acceptors (Lipinski definition) is 3. The van der Waals surface area contributed by atoms with E-state index in [1.54, 1.807) is 4.90 Å². The van der Waals surface area contributed by atoms with Gasteiger partial charge in [-0.15, -0.1) is 0 Å². The van der Waals surface area contributed by atoms with Gasteiger partial charge in [0.1, 0.15) is 0 Å². The first-order valence-electron chi connectivity index (χ1n) is 9.34. The van der Waals surface area contributed by atoms with Crippen LogP contribution in [-0.2, 0) is 9.59 Å². The van der Waals surface area contributed by atoms with Crippen molar-refractivity contribution in [1.29, 1.82) is 0 Å². The van der Waals surface area contributed by atoms with E-state index in [0.29, 0.717) is 5.92 Å². The summed E-state index contributed by atoms with van der Waals surface area (Å²) in [6, 6.07) is 5.64. The van der Waals surface area contributed by atoms with Crippen LogP contribution >= 0.6 is 15.9 Å². The highest BCUT2D eigenvalue weighted by atomic mass is 79.9. The summed E-state index contributed by atoms with van der Waals surface area (Å²) in [6.07, 6.45) is 4.64. The maximum atomic E-state index is 12.5. The SMILES string of the molecule is Cc1cc(Br)ccc1NC(=O)CN(C)C(C)C(=O)NC1CCCCC1C. The average Bonchev–Trinajstić information content (AvgIpc) is 2.58. The van der Waals surface area contributed by atoms with E-state index in [-0.39, 0.29) is 30.4 Å². The van der Waals surface area contributed by atoms with E-state index in [9.17, 15) is 9.59 Å². The summed E-state index contributed by atoms with van der Waals surface area (Å²) in [5.74, 6) is 0.399. The van der Waals surface area contributed by atoms with Gasteiger partial charge in [-0.2, -0.15) is 0 Å². The molecule has 0 spiro atoms. The third kappa shape index (κ3) is 5.81. The lowest BCUT2D eigenvalue weighted by Gasteiger charge is -2.32. The molecule has 2 amide bonds. The van der Waals surface area contributed by atoms with Crippen LogP contribution < -0.4 is 10.6 Å². The molecule has 1 fully saturated rings. The van der Waals surface area contributed by atoms with Crippen LogP contribution in [0, 0.1) is 12.8 Å². The number of benzene rings is 1. The fourth-order valence-corrected chi connectivity index (χ4v) is 3.83. The Morgan fingerprint density at radius 1 is 1.31 bits per heavy atom. The smallest absolute Gasteiger partial charge is 0.238 e. The van der Waals surface area contributed by atoms with E-state index >= 15 is 0 Å². The second kappa shape index (κ2) is 9.51. The van der Waals surface area contributed by atoms with E-state index in [0.717, 1.165) is 22.1 Å². The highest BCUT2D eigenvalue weighted by Crippen LogP contribution is 2.24. The molecule has 0 saturated heterocycles. The summed E-state index contributed by atoms with van der Waals surface area (Å²) >= 11 is 3.42. The van der Waals surface area contributed by atoms with Gasteiger partial charge < -0.3 is 10.6 Å². The van der Waals surface area contributed by atoms with Crippen molar-refractivity contribution in [2.45, 2.75) is 58.5 Å². The minimum absolute atomic E-state index is 0.00104. The van der Waals surface area contributed by atoms with E-state index < -0.39 is 0 Å². The Labute approximate surface area is 165 Å². The van der Waals surface area contributed by atoms with Crippen LogP contribution in [0.25, 0.3) is 0 Å². The Kier molecular flexibility index (Phi) is 7.65. The second-order valence-electron chi connectivity index (χ2n) is 7.48. The summed E-state index contributed by atoms with van der Waals surface area (Å²) in [4.78, 5) is 26.7. The number of halogens is 1. The molecule has 2 rings (SSSR count).